The minimum Gasteiger partial charge on any atom is -0.398 e. The van der Waals surface area contributed by atoms with E-state index in [1.807, 2.05) is 36.4 Å². The number of nitrogen functional groups attached to an aromatic ring is 1. The molecule has 1 aliphatic heterocycles. The number of carbonyl (C=O) groups excluding carboxylic acids is 2. The molecular formula is C22H11NO3. The van der Waals surface area contributed by atoms with Gasteiger partial charge in [-0.2, -0.15) is 0 Å². The van der Waals surface area contributed by atoms with Crippen LogP contribution in [0.15, 0.2) is 54.6 Å². The molecule has 4 heteroatoms. The quantitative estimate of drug-likeness (QED) is 0.147. The van der Waals surface area contributed by atoms with Crippen LogP contribution in [0.5, 0.6) is 0 Å². The maximum atomic E-state index is 12.2. The summed E-state index contributed by atoms with van der Waals surface area (Å²) in [5, 5.41) is 7.86. The third kappa shape index (κ3) is 1.41. The van der Waals surface area contributed by atoms with Crippen LogP contribution in [0.3, 0.4) is 0 Å². The average Bonchev–Trinajstić information content (AvgIpc) is 2.66. The topological polar surface area (TPSA) is 69.4 Å². The molecule has 0 radical (unpaired) electrons. The Morgan fingerprint density at radius 3 is 1.81 bits per heavy atom. The van der Waals surface area contributed by atoms with Gasteiger partial charge in [-0.3, -0.25) is 0 Å². The van der Waals surface area contributed by atoms with Crippen LogP contribution in [-0.4, -0.2) is 11.9 Å². The molecule has 2 N–H and O–H groups in total. The lowest BCUT2D eigenvalue weighted by Gasteiger charge is -2.20. The van der Waals surface area contributed by atoms with Gasteiger partial charge in [-0.15, -0.1) is 0 Å². The predicted octanol–water partition coefficient (Wildman–Crippen LogP) is 4.63. The van der Waals surface area contributed by atoms with E-state index in [9.17, 15) is 9.59 Å². The molecule has 5 aromatic rings. The Morgan fingerprint density at radius 2 is 1.12 bits per heavy atom. The van der Waals surface area contributed by atoms with Crippen molar-refractivity contribution in [3.8, 4) is 0 Å². The van der Waals surface area contributed by atoms with Gasteiger partial charge in [-0.25, -0.2) is 9.59 Å². The van der Waals surface area contributed by atoms with E-state index in [2.05, 4.69) is 6.07 Å². The Kier molecular flexibility index (Phi) is 2.25. The highest BCUT2D eigenvalue weighted by Gasteiger charge is 2.29. The van der Waals surface area contributed by atoms with E-state index < -0.39 is 11.9 Å². The van der Waals surface area contributed by atoms with Crippen LogP contribution < -0.4 is 5.73 Å². The van der Waals surface area contributed by atoms with Crippen LogP contribution in [0, 0.1) is 0 Å². The molecular weight excluding hydrogens is 326 g/mol. The van der Waals surface area contributed by atoms with Crippen LogP contribution in [0.4, 0.5) is 5.69 Å². The second kappa shape index (κ2) is 4.29. The number of rotatable bonds is 0. The smallest absolute Gasteiger partial charge is 0.346 e. The Hall–Kier alpha value is -3.66. The third-order valence-electron chi connectivity index (χ3n) is 5.44. The molecule has 0 aliphatic carbocycles. The lowest BCUT2D eigenvalue weighted by molar-refractivity contribution is 0.0391. The van der Waals surface area contributed by atoms with Crippen LogP contribution >= 0.6 is 0 Å². The molecule has 5 aromatic carbocycles. The van der Waals surface area contributed by atoms with Gasteiger partial charge in [-0.1, -0.05) is 36.4 Å². The van der Waals surface area contributed by atoms with Gasteiger partial charge in [0.15, 0.2) is 0 Å². The van der Waals surface area contributed by atoms with Crippen molar-refractivity contribution in [1.82, 2.24) is 0 Å². The van der Waals surface area contributed by atoms with Crippen LogP contribution in [0.2, 0.25) is 0 Å². The number of hydrogen-bond donors (Lipinski definition) is 1. The zero-order valence-corrected chi connectivity index (χ0v) is 13.5. The summed E-state index contributed by atoms with van der Waals surface area (Å²) in [5.74, 6) is -1.18. The van der Waals surface area contributed by atoms with Gasteiger partial charge in [-0.05, 0) is 50.5 Å². The first-order valence-corrected chi connectivity index (χ1v) is 8.33. The fourth-order valence-electron chi connectivity index (χ4n) is 4.36. The Labute approximate surface area is 147 Å². The molecule has 0 spiro atoms. The summed E-state index contributed by atoms with van der Waals surface area (Å²) in [6, 6.07) is 17.3. The molecule has 0 unspecified atom stereocenters. The predicted molar refractivity (Wildman–Crippen MR) is 102 cm³/mol. The molecule has 1 aliphatic rings. The van der Waals surface area contributed by atoms with Gasteiger partial charge >= 0.3 is 11.9 Å². The zero-order chi connectivity index (χ0) is 17.6. The molecule has 0 saturated heterocycles. The van der Waals surface area contributed by atoms with Crippen LogP contribution in [0.1, 0.15) is 20.7 Å². The average molecular weight is 337 g/mol. The van der Waals surface area contributed by atoms with E-state index in [4.69, 9.17) is 10.5 Å². The number of hydrogen-bond acceptors (Lipinski definition) is 4. The molecule has 0 bridgehead atoms. The second-order valence-corrected chi connectivity index (χ2v) is 6.68. The Bertz CT molecular complexity index is 1380. The summed E-state index contributed by atoms with van der Waals surface area (Å²) in [6.07, 6.45) is 0. The van der Waals surface area contributed by atoms with Crippen molar-refractivity contribution in [3.63, 3.8) is 0 Å². The fourth-order valence-corrected chi connectivity index (χ4v) is 4.36. The number of benzene rings is 5. The first kappa shape index (κ1) is 13.6. The molecule has 0 saturated carbocycles. The number of anilines is 1. The maximum Gasteiger partial charge on any atom is 0.346 e. The van der Waals surface area contributed by atoms with Crippen LogP contribution in [0.25, 0.3) is 43.1 Å². The van der Waals surface area contributed by atoms with E-state index in [1.54, 1.807) is 12.1 Å². The van der Waals surface area contributed by atoms with E-state index in [-0.39, 0.29) is 0 Å². The van der Waals surface area contributed by atoms with E-state index in [0.29, 0.717) is 16.5 Å². The van der Waals surface area contributed by atoms with Crippen molar-refractivity contribution in [2.75, 3.05) is 5.73 Å². The van der Waals surface area contributed by atoms with Crippen molar-refractivity contribution < 1.29 is 14.3 Å². The second-order valence-electron chi connectivity index (χ2n) is 6.68. The van der Waals surface area contributed by atoms with Crippen molar-refractivity contribution >= 4 is 60.7 Å². The molecule has 4 nitrogen and oxygen atoms in total. The summed E-state index contributed by atoms with van der Waals surface area (Å²) in [5.41, 5.74) is 7.81. The van der Waals surface area contributed by atoms with E-state index in [1.165, 1.54) is 0 Å². The molecule has 1 heterocycles. The van der Waals surface area contributed by atoms with Gasteiger partial charge in [0.05, 0.1) is 11.1 Å². The number of ether oxygens (including phenoxy) is 1. The number of fused-ring (bicyclic) bond motifs is 2. The fraction of sp³-hybridized carbons (Fsp3) is 0. The summed E-state index contributed by atoms with van der Waals surface area (Å²) >= 11 is 0. The molecule has 26 heavy (non-hydrogen) atoms. The number of nitrogens with two attached hydrogens (primary N) is 1. The molecule has 122 valence electrons. The largest absolute Gasteiger partial charge is 0.398 e. The van der Waals surface area contributed by atoms with E-state index >= 15 is 0 Å². The highest BCUT2D eigenvalue weighted by molar-refractivity contribution is 6.37. The number of cyclic esters (lactones) is 2. The first-order valence-electron chi connectivity index (χ1n) is 8.33. The Balaban J connectivity index is 2.02. The maximum absolute atomic E-state index is 12.2. The minimum atomic E-state index is -0.590. The van der Waals surface area contributed by atoms with Crippen molar-refractivity contribution in [3.05, 3.63) is 65.7 Å². The van der Waals surface area contributed by atoms with Crippen molar-refractivity contribution in [1.29, 1.82) is 0 Å². The first-order chi connectivity index (χ1) is 12.6. The molecule has 0 fully saturated rings. The summed E-state index contributed by atoms with van der Waals surface area (Å²) in [7, 11) is 0. The molecule has 0 atom stereocenters. The van der Waals surface area contributed by atoms with E-state index in [0.717, 1.165) is 43.4 Å². The van der Waals surface area contributed by atoms with Gasteiger partial charge in [0, 0.05) is 16.5 Å². The molecule has 0 aromatic heterocycles. The monoisotopic (exact) mass is 337 g/mol. The lowest BCUT2D eigenvalue weighted by atomic mass is 9.86. The molecule has 6 rings (SSSR count). The van der Waals surface area contributed by atoms with Gasteiger partial charge in [0.2, 0.25) is 0 Å². The number of carbonyl (C=O) groups is 2. The normalized spacial score (nSPS) is 14.0. The summed E-state index contributed by atoms with van der Waals surface area (Å²) < 4.78 is 4.88. The van der Waals surface area contributed by atoms with Gasteiger partial charge < -0.3 is 10.5 Å². The third-order valence-corrected chi connectivity index (χ3v) is 5.44. The summed E-state index contributed by atoms with van der Waals surface area (Å²) in [4.78, 5) is 24.5. The highest BCUT2D eigenvalue weighted by atomic mass is 16.6. The van der Waals surface area contributed by atoms with Crippen LogP contribution in [-0.2, 0) is 4.74 Å². The molecule has 0 amide bonds. The highest BCUT2D eigenvalue weighted by Crippen LogP contribution is 2.44. The zero-order valence-electron chi connectivity index (χ0n) is 13.5. The van der Waals surface area contributed by atoms with Crippen molar-refractivity contribution in [2.24, 2.45) is 0 Å². The SMILES string of the molecule is Nc1ccc2c3ccc4c5c(ccc(c6cccc1c62)c53)C(=O)OC4=O. The van der Waals surface area contributed by atoms with Crippen molar-refractivity contribution in [2.45, 2.75) is 0 Å². The number of esters is 2. The minimum absolute atomic E-state index is 0.436. The van der Waals surface area contributed by atoms with Gasteiger partial charge in [0.25, 0.3) is 0 Å². The van der Waals surface area contributed by atoms with Gasteiger partial charge in [0.1, 0.15) is 0 Å². The standard InChI is InChI=1S/C22H11NO3/c23-17-9-8-11-13-5-7-16-20-15(21(24)26-22(16)25)6-4-12(19(13)20)10-2-1-3-14(17)18(10)11/h1-9H,23H2. The lowest BCUT2D eigenvalue weighted by Crippen LogP contribution is -2.19. The Morgan fingerprint density at radius 1 is 0.577 bits per heavy atom. The summed E-state index contributed by atoms with van der Waals surface area (Å²) in [6.45, 7) is 0.